The van der Waals surface area contributed by atoms with E-state index < -0.39 is 0 Å². The third-order valence-corrected chi connectivity index (χ3v) is 0. The van der Waals surface area contributed by atoms with Gasteiger partial charge in [0.05, 0.1) is 0 Å². The van der Waals surface area contributed by atoms with Gasteiger partial charge >= 0.3 is 44.8 Å². The van der Waals surface area contributed by atoms with Crippen molar-refractivity contribution in [2.75, 3.05) is 0 Å². The van der Waals surface area contributed by atoms with Gasteiger partial charge in [0.15, 0.2) is 0 Å². The molecule has 0 aliphatic carbocycles. The Kier molecular flexibility index (Phi) is 333. The van der Waals surface area contributed by atoms with E-state index in [0.717, 1.165) is 0 Å². The van der Waals surface area contributed by atoms with Crippen LogP contribution < -0.4 is 29.4 Å². The fourth-order valence-corrected chi connectivity index (χ4v) is 0. The van der Waals surface area contributed by atoms with E-state index >= 15 is 0 Å². The molecule has 0 aromatic carbocycles. The molecule has 0 aliphatic rings. The molecule has 0 amide bonds. The molecule has 0 heterocycles. The summed E-state index contributed by atoms with van der Waals surface area (Å²) in [6, 6.07) is 0. The average molecular weight is 547 g/mol. The molecule has 0 nitrogen and oxygen atoms in total. The molecule has 6 heteroatoms. The van der Waals surface area contributed by atoms with Gasteiger partial charge in [0.2, 0.25) is 0 Å². The van der Waals surface area contributed by atoms with E-state index in [0.29, 0.717) is 0 Å². The number of rotatable bonds is 0. The fourth-order valence-electron chi connectivity index (χ4n) is 0. The van der Waals surface area contributed by atoms with E-state index in [1.165, 1.54) is 0 Å². The van der Waals surface area contributed by atoms with E-state index in [2.05, 4.69) is 0 Å². The van der Waals surface area contributed by atoms with Crippen molar-refractivity contribution in [1.29, 1.82) is 0 Å². The molecule has 0 N–H and O–H groups in total. The second kappa shape index (κ2) is 37.5. The number of hydrogen-bond donors (Lipinski definition) is 0. The third-order valence-electron chi connectivity index (χ3n) is 0. The molecule has 0 saturated carbocycles. The Morgan fingerprint density at radius 3 is 0.667 bits per heavy atom. The first-order chi connectivity index (χ1) is 0. The second-order valence-corrected chi connectivity index (χ2v) is 0. The van der Waals surface area contributed by atoms with Crippen molar-refractivity contribution in [3.05, 3.63) is 0 Å². The predicted octanol–water partition coefficient (Wildman–Crippen LogP) is -6.00. The van der Waals surface area contributed by atoms with Gasteiger partial charge < -0.3 is 29.4 Å². The van der Waals surface area contributed by atoms with Crippen molar-refractivity contribution in [3.8, 4) is 0 Å². The fraction of sp³-hybridized carbons (Fsp3) is 0. The van der Waals surface area contributed by atoms with Crippen LogP contribution in [0.3, 0.4) is 0 Å². The Bertz CT molecular complexity index is 7.51. The topological polar surface area (TPSA) is 0 Å². The molecule has 0 atom stereocenters. The van der Waals surface area contributed by atoms with Crippen molar-refractivity contribution >= 4 is 0 Å². The molecule has 58 valence electrons. The molecule has 2 radical (unpaired) electrons. The van der Waals surface area contributed by atoms with Crippen molar-refractivity contribution in [2.45, 2.75) is 0 Å². The summed E-state index contributed by atoms with van der Waals surface area (Å²) in [7, 11) is 0. The van der Waals surface area contributed by atoms with Crippen LogP contribution in [0.4, 0.5) is 0 Å². The van der Waals surface area contributed by atoms with E-state index in [-0.39, 0.29) is 119 Å². The molecule has 0 aliphatic heterocycles. The summed E-state index contributed by atoms with van der Waals surface area (Å²) in [5, 5.41) is 0. The minimum Gasteiger partial charge on any atom is -1.00 e. The summed E-state index contributed by atoms with van der Waals surface area (Å²) in [5.41, 5.74) is 0. The maximum absolute atomic E-state index is 0. The van der Waals surface area contributed by atoms with E-state index in [9.17, 15) is 0 Å². The Labute approximate surface area is 117 Å². The molecule has 6 heavy (non-hydrogen) atoms. The van der Waals surface area contributed by atoms with Gasteiger partial charge in [0, 0.05) is 44.8 Å². The molecule has 0 saturated heterocycles. The van der Waals surface area contributed by atoms with Gasteiger partial charge in [-0.1, -0.05) is 0 Å². The van der Waals surface area contributed by atoms with Crippen LogP contribution >= 0.6 is 0 Å². The van der Waals surface area contributed by atoms with E-state index in [1.807, 2.05) is 0 Å². The molecule has 0 unspecified atom stereocenters. The predicted molar refractivity (Wildman–Crippen MR) is 0 cm³/mol. The molecule has 0 bridgehead atoms. The van der Waals surface area contributed by atoms with Crippen molar-refractivity contribution in [2.24, 2.45) is 0 Å². The summed E-state index contributed by atoms with van der Waals surface area (Å²) in [5.74, 6) is 0. The standard InChI is InChI=1S/4Ag.BrH.ClH/h;;;;2*1H/q;;2*+1;;/p-2. The van der Waals surface area contributed by atoms with Crippen LogP contribution in [-0.4, -0.2) is 0 Å². The van der Waals surface area contributed by atoms with Gasteiger partial charge in [0.1, 0.15) is 0 Å². The largest absolute Gasteiger partial charge is 1.00 e. The molecule has 0 aromatic heterocycles. The SMILES string of the molecule is [Ag+].[Ag+].[Ag].[Ag].[Br-].[Cl-]. The smallest absolute Gasteiger partial charge is 1.00 e. The van der Waals surface area contributed by atoms with Gasteiger partial charge in [0.25, 0.3) is 0 Å². The Morgan fingerprint density at radius 2 is 0.667 bits per heavy atom. The van der Waals surface area contributed by atoms with Gasteiger partial charge in [-0.3, -0.25) is 0 Å². The van der Waals surface area contributed by atoms with Gasteiger partial charge in [-0.15, -0.1) is 0 Å². The van der Waals surface area contributed by atoms with Crippen LogP contribution in [0.25, 0.3) is 0 Å². The molecule has 0 spiro atoms. The van der Waals surface area contributed by atoms with Gasteiger partial charge in [-0.25, -0.2) is 0 Å². The third kappa shape index (κ3) is 25.2. The van der Waals surface area contributed by atoms with Crippen LogP contribution in [0.15, 0.2) is 0 Å². The van der Waals surface area contributed by atoms with E-state index in [4.69, 9.17) is 0 Å². The minimum atomic E-state index is 0. The maximum atomic E-state index is 0. The van der Waals surface area contributed by atoms with Crippen LogP contribution in [0, 0.1) is 0 Å². The second-order valence-electron chi connectivity index (χ2n) is 0. The summed E-state index contributed by atoms with van der Waals surface area (Å²) in [6.45, 7) is 0. The average Bonchev–Trinajstić information content (AvgIpc) is 0. The zero-order valence-electron chi connectivity index (χ0n) is 1.96. The molecular weight excluding hydrogens is 547 g/mol. The molecule has 0 rings (SSSR count). The molecular formula is Ag4BrCl. The Hall–Kier alpha value is 3.73. The van der Waals surface area contributed by atoms with Crippen LogP contribution in [0.1, 0.15) is 0 Å². The van der Waals surface area contributed by atoms with Crippen LogP contribution in [0.2, 0.25) is 0 Å². The normalized spacial score (nSPS) is 0. The van der Waals surface area contributed by atoms with E-state index in [1.54, 1.807) is 0 Å². The maximum Gasteiger partial charge on any atom is 1.00 e. The van der Waals surface area contributed by atoms with Crippen LogP contribution in [-0.2, 0) is 89.5 Å². The summed E-state index contributed by atoms with van der Waals surface area (Å²) >= 11 is 0. The monoisotopic (exact) mass is 542 g/mol. The first-order valence-corrected chi connectivity index (χ1v) is 0. The van der Waals surface area contributed by atoms with Crippen molar-refractivity contribution in [1.82, 2.24) is 0 Å². The Morgan fingerprint density at radius 1 is 0.667 bits per heavy atom. The molecule has 0 aromatic rings. The first kappa shape index (κ1) is 53.3. The van der Waals surface area contributed by atoms with Crippen molar-refractivity contribution in [3.63, 3.8) is 0 Å². The van der Waals surface area contributed by atoms with Gasteiger partial charge in [-0.2, -0.15) is 0 Å². The Balaban J connectivity index is 0. The zero-order chi connectivity index (χ0) is 0. The van der Waals surface area contributed by atoms with Crippen molar-refractivity contribution < 1.29 is 119 Å². The summed E-state index contributed by atoms with van der Waals surface area (Å²) in [6.07, 6.45) is 0. The van der Waals surface area contributed by atoms with Gasteiger partial charge in [-0.05, 0) is 0 Å². The number of halogens is 2. The summed E-state index contributed by atoms with van der Waals surface area (Å²) in [4.78, 5) is 0. The first-order valence-electron chi connectivity index (χ1n) is 0. The van der Waals surface area contributed by atoms with Crippen LogP contribution in [0.5, 0.6) is 0 Å². The quantitative estimate of drug-likeness (QED) is 0.266. The minimum absolute atomic E-state index is 0. The number of hydrogen-bond acceptors (Lipinski definition) is 0. The zero-order valence-corrected chi connectivity index (χ0v) is 10.2. The summed E-state index contributed by atoms with van der Waals surface area (Å²) < 4.78 is 0. The molecule has 0 fully saturated rings.